The van der Waals surface area contributed by atoms with Crippen LogP contribution in [0.15, 0.2) is 12.7 Å². The van der Waals surface area contributed by atoms with Crippen LogP contribution in [-0.2, 0) is 25.5 Å². The topological polar surface area (TPSA) is 80.8 Å². The third-order valence-corrected chi connectivity index (χ3v) is 11.1. The summed E-state index contributed by atoms with van der Waals surface area (Å²) in [4.78, 5) is 36.3. The van der Waals surface area contributed by atoms with Gasteiger partial charge in [0.15, 0.2) is 14.1 Å². The summed E-state index contributed by atoms with van der Waals surface area (Å²) in [6.45, 7) is 17.3. The van der Waals surface area contributed by atoms with Crippen molar-refractivity contribution >= 4 is 39.0 Å². The molecule has 1 aromatic rings. The van der Waals surface area contributed by atoms with Crippen LogP contribution in [0.3, 0.4) is 0 Å². The molecule has 10 heteroatoms. The number of rotatable bonds is 10. The smallest absolute Gasteiger partial charge is 0.294 e. The predicted molar refractivity (Wildman–Crippen MR) is 119 cm³/mol. The molecule has 0 aliphatic carbocycles. The zero-order valence-electron chi connectivity index (χ0n) is 18.2. The number of carbonyl (C=O) groups excluding carboxylic acids is 2. The molecule has 1 aliphatic heterocycles. The minimum absolute atomic E-state index is 0.0584. The van der Waals surface area contributed by atoms with E-state index in [1.165, 1.54) is 25.7 Å². The Morgan fingerprint density at radius 2 is 2.17 bits per heavy atom. The molecule has 1 aliphatic rings. The molecule has 0 amide bonds. The van der Waals surface area contributed by atoms with E-state index < -0.39 is 14.4 Å². The number of hydrogen-bond donors (Lipinski definition) is 1. The van der Waals surface area contributed by atoms with E-state index >= 15 is 0 Å². The molecule has 0 spiro atoms. The number of ketones is 1. The average molecular weight is 436 g/mol. The van der Waals surface area contributed by atoms with E-state index in [1.54, 1.807) is 10.9 Å². The van der Waals surface area contributed by atoms with Gasteiger partial charge in [-0.05, 0) is 25.1 Å². The van der Waals surface area contributed by atoms with Crippen LogP contribution in [0, 0.1) is 0 Å². The minimum Gasteiger partial charge on any atom is -0.410 e. The molecule has 1 aromatic heterocycles. The number of fused-ring (bicyclic) bond motifs is 1. The molecule has 2 rings (SSSR count). The lowest BCUT2D eigenvalue weighted by Gasteiger charge is -2.36. The van der Waals surface area contributed by atoms with Crippen molar-refractivity contribution < 1.29 is 18.9 Å². The monoisotopic (exact) mass is 436 g/mol. The summed E-state index contributed by atoms with van der Waals surface area (Å²) in [6, 6.07) is -0.790. The van der Waals surface area contributed by atoms with Gasteiger partial charge in [-0.25, -0.2) is 4.98 Å². The maximum atomic E-state index is 12.4. The first-order chi connectivity index (χ1) is 13.5. The van der Waals surface area contributed by atoms with Crippen LogP contribution in [0.1, 0.15) is 55.4 Å². The Labute approximate surface area is 179 Å². The van der Waals surface area contributed by atoms with Crippen molar-refractivity contribution in [1.82, 2.24) is 15.3 Å². The highest BCUT2D eigenvalue weighted by molar-refractivity contribution is 7.11. The van der Waals surface area contributed by atoms with Crippen molar-refractivity contribution in [3.8, 4) is 0 Å². The third-order valence-electron chi connectivity index (χ3n) is 5.45. The fraction of sp³-hybridized carbons (Fsp3) is 0.632. The normalized spacial score (nSPS) is 20.2. The molecule has 0 aromatic carbocycles. The quantitative estimate of drug-likeness (QED) is 0.198. The van der Waals surface area contributed by atoms with Crippen molar-refractivity contribution in [2.24, 2.45) is 0 Å². The van der Waals surface area contributed by atoms with Gasteiger partial charge in [-0.2, -0.15) is 5.48 Å². The van der Waals surface area contributed by atoms with Gasteiger partial charge in [0.25, 0.3) is 7.41 Å². The second kappa shape index (κ2) is 9.76. The van der Waals surface area contributed by atoms with Gasteiger partial charge < -0.3 is 14.0 Å². The van der Waals surface area contributed by atoms with Crippen LogP contribution in [0.25, 0.3) is 0 Å². The number of hydroxylamine groups is 1. The van der Waals surface area contributed by atoms with Gasteiger partial charge in [0.1, 0.15) is 11.0 Å². The van der Waals surface area contributed by atoms with Crippen LogP contribution in [0.2, 0.25) is 18.1 Å². The van der Waals surface area contributed by atoms with Gasteiger partial charge in [0.05, 0.1) is 36.0 Å². The maximum Gasteiger partial charge on any atom is 0.294 e. The number of hydrogen-bond acceptors (Lipinski definition) is 8. The first kappa shape index (κ1) is 24.1. The average Bonchev–Trinajstić information content (AvgIpc) is 3.03. The highest BCUT2D eigenvalue weighted by atomic mass is 32.1. The molecule has 0 saturated carbocycles. The van der Waals surface area contributed by atoms with Crippen molar-refractivity contribution in [2.45, 2.75) is 64.5 Å². The lowest BCUT2D eigenvalue weighted by Crippen LogP contribution is -2.46. The highest BCUT2D eigenvalue weighted by Crippen LogP contribution is 2.40. The van der Waals surface area contributed by atoms with Gasteiger partial charge in [-0.1, -0.05) is 26.8 Å². The number of Topliss-reactive ketones (excluding diaryl/α,β-unsaturated/α-hetero) is 1. The summed E-state index contributed by atoms with van der Waals surface area (Å²) in [5.74, 6) is -0.0584. The second-order valence-corrected chi connectivity index (χ2v) is 14.6. The van der Waals surface area contributed by atoms with E-state index in [-0.39, 0.29) is 16.9 Å². The molecule has 29 heavy (non-hydrogen) atoms. The lowest BCUT2D eigenvalue weighted by molar-refractivity contribution is -0.121. The Kier molecular flexibility index (Phi) is 8.11. The SMILES string of the molecule is C=CCONC1CN([B]C=O)C(C(C)=O)c2nc(CO[Si](C)(C)C(C)(C)C)sc21. The van der Waals surface area contributed by atoms with E-state index in [1.807, 2.05) is 0 Å². The summed E-state index contributed by atoms with van der Waals surface area (Å²) in [5.41, 5.74) is 3.68. The molecule has 1 radical (unpaired) electrons. The number of aromatic nitrogens is 1. The third kappa shape index (κ3) is 5.71. The van der Waals surface area contributed by atoms with Gasteiger partial charge in [-0.3, -0.25) is 9.63 Å². The number of nitrogens with zero attached hydrogens (tertiary/aromatic N) is 2. The van der Waals surface area contributed by atoms with E-state index in [2.05, 4.69) is 45.9 Å². The molecule has 0 bridgehead atoms. The zero-order chi connectivity index (χ0) is 21.8. The van der Waals surface area contributed by atoms with Gasteiger partial charge in [0, 0.05) is 6.54 Å². The summed E-state index contributed by atoms with van der Waals surface area (Å²) >= 11 is 1.53. The fourth-order valence-electron chi connectivity index (χ4n) is 2.86. The predicted octanol–water partition coefficient (Wildman–Crippen LogP) is 3.17. The van der Waals surface area contributed by atoms with E-state index in [0.717, 1.165) is 9.88 Å². The van der Waals surface area contributed by atoms with Gasteiger partial charge >= 0.3 is 0 Å². The summed E-state index contributed by atoms with van der Waals surface area (Å²) < 4.78 is 6.32. The van der Waals surface area contributed by atoms with E-state index in [9.17, 15) is 9.59 Å². The molecule has 0 fully saturated rings. The van der Waals surface area contributed by atoms with Crippen molar-refractivity contribution in [1.29, 1.82) is 0 Å². The molecule has 2 atom stereocenters. The first-order valence-corrected chi connectivity index (χ1v) is 13.4. The Bertz CT molecular complexity index is 750. The Hall–Kier alpha value is -1.17. The Balaban J connectivity index is 2.32. The molecule has 7 nitrogen and oxygen atoms in total. The summed E-state index contributed by atoms with van der Waals surface area (Å²) in [6.07, 6.45) is 2.34. The Morgan fingerprint density at radius 3 is 2.72 bits per heavy atom. The molecular formula is C19H31BN3O4SSi. The van der Waals surface area contributed by atoms with E-state index in [0.29, 0.717) is 31.6 Å². The van der Waals surface area contributed by atoms with Crippen LogP contribution in [-0.4, -0.2) is 50.6 Å². The molecule has 2 unspecified atom stereocenters. The number of carbonyl (C=O) groups is 2. The standard InChI is InChI=1S/C19H31BN3O4SSi/c1-8-9-26-22-14-10-23(20-12-24)17(13(2)25)16-18(14)28-15(21-16)11-27-29(6,7)19(3,4)5/h8,12,14,17,22H,1,9-11H2,2-7H3. The van der Waals surface area contributed by atoms with Gasteiger partial charge in [-0.15, -0.1) is 17.9 Å². The van der Waals surface area contributed by atoms with Crippen LogP contribution in [0.5, 0.6) is 0 Å². The van der Waals surface area contributed by atoms with E-state index in [4.69, 9.17) is 14.2 Å². The maximum absolute atomic E-state index is 12.4. The Morgan fingerprint density at radius 1 is 1.48 bits per heavy atom. The van der Waals surface area contributed by atoms with Crippen LogP contribution < -0.4 is 5.48 Å². The molecule has 2 heterocycles. The molecule has 0 saturated heterocycles. The first-order valence-electron chi connectivity index (χ1n) is 9.68. The number of nitrogens with one attached hydrogen (secondary N) is 1. The summed E-state index contributed by atoms with van der Waals surface area (Å²) in [5, 5.41) is 0.930. The fourth-order valence-corrected chi connectivity index (χ4v) is 4.94. The van der Waals surface area contributed by atoms with Crippen molar-refractivity contribution in [3.05, 3.63) is 28.2 Å². The number of thiazole rings is 1. The molecule has 159 valence electrons. The van der Waals surface area contributed by atoms with Crippen LogP contribution >= 0.6 is 11.3 Å². The van der Waals surface area contributed by atoms with Crippen molar-refractivity contribution in [2.75, 3.05) is 13.2 Å². The summed E-state index contributed by atoms with van der Waals surface area (Å²) in [7, 11) is -0.532. The highest BCUT2D eigenvalue weighted by Gasteiger charge is 2.40. The lowest BCUT2D eigenvalue weighted by atomic mass is 9.85. The van der Waals surface area contributed by atoms with Crippen LogP contribution in [0.4, 0.5) is 0 Å². The zero-order valence-corrected chi connectivity index (χ0v) is 20.0. The molecular weight excluding hydrogens is 405 g/mol. The largest absolute Gasteiger partial charge is 0.410 e. The van der Waals surface area contributed by atoms with Gasteiger partial charge in [0.2, 0.25) is 0 Å². The minimum atomic E-state index is -1.92. The second-order valence-electron chi connectivity index (χ2n) is 8.67. The van der Waals surface area contributed by atoms with Crippen molar-refractivity contribution in [3.63, 3.8) is 0 Å². The molecule has 1 N–H and O–H groups in total.